The molecule has 1 N–H and O–H groups in total. The summed E-state index contributed by atoms with van der Waals surface area (Å²) in [5.74, 6) is 0.893. The molecular weight excluding hydrogens is 270 g/mol. The highest BCUT2D eigenvalue weighted by Crippen LogP contribution is 2.14. The molecule has 2 rings (SSSR count). The van der Waals surface area contributed by atoms with Crippen LogP contribution in [0.25, 0.3) is 5.69 Å². The number of tetrazole rings is 1. The number of ether oxygens (including phenoxy) is 1. The van der Waals surface area contributed by atoms with Crippen LogP contribution in [0.4, 0.5) is 0 Å². The Morgan fingerprint density at radius 3 is 2.57 bits per heavy atom. The van der Waals surface area contributed by atoms with Crippen molar-refractivity contribution >= 4 is 5.91 Å². The first-order chi connectivity index (χ1) is 10.1. The quantitative estimate of drug-likeness (QED) is 0.864. The van der Waals surface area contributed by atoms with Gasteiger partial charge in [0.1, 0.15) is 12.1 Å². The Balaban J connectivity index is 1.85. The smallest absolute Gasteiger partial charge is 0.258 e. The van der Waals surface area contributed by atoms with Crippen molar-refractivity contribution in [3.05, 3.63) is 30.6 Å². The standard InChI is InChI=1S/C14H19N5O2/c1-10(2)11(3)16-14(20)8-21-13-6-4-12(5-7-13)19-9-15-17-18-19/h4-7,9-11H,8H2,1-3H3,(H,16,20). The van der Waals surface area contributed by atoms with E-state index in [0.29, 0.717) is 11.7 Å². The van der Waals surface area contributed by atoms with Gasteiger partial charge in [-0.05, 0) is 47.5 Å². The van der Waals surface area contributed by atoms with Gasteiger partial charge in [-0.15, -0.1) is 5.10 Å². The van der Waals surface area contributed by atoms with Gasteiger partial charge in [-0.2, -0.15) is 0 Å². The van der Waals surface area contributed by atoms with Crippen LogP contribution in [-0.4, -0.2) is 38.8 Å². The first-order valence-corrected chi connectivity index (χ1v) is 6.82. The van der Waals surface area contributed by atoms with Crippen molar-refractivity contribution in [1.82, 2.24) is 25.5 Å². The lowest BCUT2D eigenvalue weighted by Gasteiger charge is -2.17. The van der Waals surface area contributed by atoms with Gasteiger partial charge in [-0.3, -0.25) is 4.79 Å². The largest absolute Gasteiger partial charge is 0.484 e. The van der Waals surface area contributed by atoms with E-state index in [2.05, 4.69) is 34.7 Å². The van der Waals surface area contributed by atoms with Gasteiger partial charge in [-0.25, -0.2) is 4.68 Å². The molecule has 0 aliphatic heterocycles. The molecule has 0 saturated heterocycles. The van der Waals surface area contributed by atoms with Crippen molar-refractivity contribution in [2.24, 2.45) is 5.92 Å². The molecule has 1 atom stereocenters. The average Bonchev–Trinajstić information content (AvgIpc) is 2.99. The van der Waals surface area contributed by atoms with Crippen LogP contribution >= 0.6 is 0 Å². The molecule has 2 aromatic rings. The fourth-order valence-corrected chi connectivity index (χ4v) is 1.59. The van der Waals surface area contributed by atoms with Gasteiger partial charge < -0.3 is 10.1 Å². The van der Waals surface area contributed by atoms with Gasteiger partial charge in [0, 0.05) is 6.04 Å². The Morgan fingerprint density at radius 1 is 1.29 bits per heavy atom. The second-order valence-corrected chi connectivity index (χ2v) is 5.14. The van der Waals surface area contributed by atoms with E-state index >= 15 is 0 Å². The maximum absolute atomic E-state index is 11.7. The summed E-state index contributed by atoms with van der Waals surface area (Å²) >= 11 is 0. The fraction of sp³-hybridized carbons (Fsp3) is 0.429. The molecule has 0 radical (unpaired) electrons. The molecule has 0 aliphatic carbocycles. The number of hydrogen-bond donors (Lipinski definition) is 1. The summed E-state index contributed by atoms with van der Waals surface area (Å²) in [5.41, 5.74) is 0.824. The van der Waals surface area contributed by atoms with Gasteiger partial charge in [0.2, 0.25) is 0 Å². The number of nitrogens with one attached hydrogen (secondary N) is 1. The molecule has 1 heterocycles. The highest BCUT2D eigenvalue weighted by Gasteiger charge is 2.11. The summed E-state index contributed by atoms with van der Waals surface area (Å²) in [6.07, 6.45) is 1.51. The fourth-order valence-electron chi connectivity index (χ4n) is 1.59. The van der Waals surface area contributed by atoms with E-state index in [9.17, 15) is 4.79 Å². The Hall–Kier alpha value is -2.44. The zero-order valence-corrected chi connectivity index (χ0v) is 12.4. The van der Waals surface area contributed by atoms with Crippen LogP contribution < -0.4 is 10.1 Å². The van der Waals surface area contributed by atoms with Crippen molar-refractivity contribution in [2.75, 3.05) is 6.61 Å². The SMILES string of the molecule is CC(C)C(C)NC(=O)COc1ccc(-n2cnnn2)cc1. The van der Waals surface area contributed by atoms with Gasteiger partial charge in [0.25, 0.3) is 5.91 Å². The molecule has 0 fully saturated rings. The third-order valence-corrected chi connectivity index (χ3v) is 3.21. The van der Waals surface area contributed by atoms with E-state index in [1.165, 1.54) is 6.33 Å². The summed E-state index contributed by atoms with van der Waals surface area (Å²) in [6, 6.07) is 7.32. The Morgan fingerprint density at radius 2 is 2.00 bits per heavy atom. The summed E-state index contributed by atoms with van der Waals surface area (Å²) in [5, 5.41) is 13.8. The Bertz CT molecular complexity index is 566. The first kappa shape index (κ1) is 15.0. The van der Waals surface area contributed by atoms with Crippen LogP contribution in [0.5, 0.6) is 5.75 Å². The summed E-state index contributed by atoms with van der Waals surface area (Å²) in [6.45, 7) is 6.10. The molecule has 0 saturated carbocycles. The van der Waals surface area contributed by atoms with Crippen molar-refractivity contribution in [1.29, 1.82) is 0 Å². The lowest BCUT2D eigenvalue weighted by molar-refractivity contribution is -0.124. The van der Waals surface area contributed by atoms with E-state index < -0.39 is 0 Å². The summed E-state index contributed by atoms with van der Waals surface area (Å²) in [4.78, 5) is 11.7. The summed E-state index contributed by atoms with van der Waals surface area (Å²) < 4.78 is 6.99. The normalized spacial score (nSPS) is 12.2. The third kappa shape index (κ3) is 4.27. The summed E-state index contributed by atoms with van der Waals surface area (Å²) in [7, 11) is 0. The van der Waals surface area contributed by atoms with Crippen molar-refractivity contribution in [3.8, 4) is 11.4 Å². The maximum atomic E-state index is 11.7. The predicted molar refractivity (Wildman–Crippen MR) is 77.1 cm³/mol. The first-order valence-electron chi connectivity index (χ1n) is 6.82. The zero-order chi connectivity index (χ0) is 15.2. The number of rotatable bonds is 6. The molecule has 1 unspecified atom stereocenters. The van der Waals surface area contributed by atoms with E-state index in [1.54, 1.807) is 16.8 Å². The van der Waals surface area contributed by atoms with E-state index in [4.69, 9.17) is 4.74 Å². The molecule has 1 amide bonds. The number of aromatic nitrogens is 4. The highest BCUT2D eigenvalue weighted by molar-refractivity contribution is 5.77. The van der Waals surface area contributed by atoms with Gasteiger partial charge in [-0.1, -0.05) is 13.8 Å². The molecule has 0 spiro atoms. The number of carbonyl (C=O) groups excluding carboxylic acids is 1. The molecule has 1 aromatic carbocycles. The van der Waals surface area contributed by atoms with Gasteiger partial charge in [0.15, 0.2) is 6.61 Å². The topological polar surface area (TPSA) is 81.9 Å². The van der Waals surface area contributed by atoms with Crippen LogP contribution in [0.2, 0.25) is 0 Å². The Kier molecular flexibility index (Phi) is 4.86. The minimum atomic E-state index is -0.124. The molecule has 1 aromatic heterocycles. The number of nitrogens with zero attached hydrogens (tertiary/aromatic N) is 4. The van der Waals surface area contributed by atoms with Crippen LogP contribution in [0.3, 0.4) is 0 Å². The van der Waals surface area contributed by atoms with E-state index in [-0.39, 0.29) is 18.6 Å². The van der Waals surface area contributed by atoms with Gasteiger partial charge in [0.05, 0.1) is 5.69 Å². The molecule has 7 heteroatoms. The molecule has 0 bridgehead atoms. The molecule has 112 valence electrons. The molecule has 21 heavy (non-hydrogen) atoms. The van der Waals surface area contributed by atoms with Crippen molar-refractivity contribution in [2.45, 2.75) is 26.8 Å². The van der Waals surface area contributed by atoms with E-state index in [0.717, 1.165) is 5.69 Å². The highest BCUT2D eigenvalue weighted by atomic mass is 16.5. The molecule has 0 aliphatic rings. The number of benzene rings is 1. The number of hydrogen-bond acceptors (Lipinski definition) is 5. The van der Waals surface area contributed by atoms with Crippen LogP contribution in [0.1, 0.15) is 20.8 Å². The second kappa shape index (κ2) is 6.83. The predicted octanol–water partition coefficient (Wildman–Crippen LogP) is 1.20. The second-order valence-electron chi connectivity index (χ2n) is 5.14. The number of carbonyl (C=O) groups is 1. The molecule has 7 nitrogen and oxygen atoms in total. The lowest BCUT2D eigenvalue weighted by Crippen LogP contribution is -2.38. The average molecular weight is 289 g/mol. The zero-order valence-electron chi connectivity index (χ0n) is 12.4. The molecular formula is C14H19N5O2. The lowest BCUT2D eigenvalue weighted by atomic mass is 10.1. The van der Waals surface area contributed by atoms with Crippen molar-refractivity contribution < 1.29 is 9.53 Å². The monoisotopic (exact) mass is 289 g/mol. The van der Waals surface area contributed by atoms with Crippen LogP contribution in [0, 0.1) is 5.92 Å². The number of amides is 1. The third-order valence-electron chi connectivity index (χ3n) is 3.21. The van der Waals surface area contributed by atoms with Gasteiger partial charge >= 0.3 is 0 Å². The van der Waals surface area contributed by atoms with E-state index in [1.807, 2.05) is 19.1 Å². The maximum Gasteiger partial charge on any atom is 0.258 e. The van der Waals surface area contributed by atoms with Crippen LogP contribution in [0.15, 0.2) is 30.6 Å². The Labute approximate surface area is 123 Å². The van der Waals surface area contributed by atoms with Crippen LogP contribution in [-0.2, 0) is 4.79 Å². The minimum absolute atomic E-state index is 0.00128. The van der Waals surface area contributed by atoms with Crippen molar-refractivity contribution in [3.63, 3.8) is 0 Å². The minimum Gasteiger partial charge on any atom is -0.484 e.